The minimum absolute atomic E-state index is 0.743. The van der Waals surface area contributed by atoms with Gasteiger partial charge in [-0.25, -0.2) is 0 Å². The second-order valence-corrected chi connectivity index (χ2v) is 8.93. The molecule has 1 heteroatoms. The fourth-order valence-corrected chi connectivity index (χ4v) is 6.46. The molecule has 0 aromatic heterocycles. The fourth-order valence-electron chi connectivity index (χ4n) is 6.46. The van der Waals surface area contributed by atoms with Gasteiger partial charge in [0.2, 0.25) is 0 Å². The molecule has 2 fully saturated rings. The first-order chi connectivity index (χ1) is 12.3. The van der Waals surface area contributed by atoms with E-state index in [1.54, 1.807) is 5.56 Å². The van der Waals surface area contributed by atoms with E-state index in [4.69, 9.17) is 0 Å². The first-order valence-electron chi connectivity index (χ1n) is 10.5. The molecule has 4 aliphatic rings. The second kappa shape index (κ2) is 6.34. The maximum atomic E-state index is 2.60. The van der Waals surface area contributed by atoms with E-state index in [-0.39, 0.29) is 0 Å². The standard InChI is InChI=1S/C24H31N/c1-25-23-9-5-4-8-21(23)22-16-20-13-12-18-7-3-2-6-17(18)10-11-19(20)14-15-24(22)25/h2-9,17-20,22,24H,10-16H2,1H3. The quantitative estimate of drug-likeness (QED) is 0.568. The smallest absolute Gasteiger partial charge is 0.0402 e. The zero-order chi connectivity index (χ0) is 16.8. The summed E-state index contributed by atoms with van der Waals surface area (Å²) in [6.45, 7) is 0. The van der Waals surface area contributed by atoms with E-state index in [0.717, 1.165) is 35.6 Å². The number of hydrogen-bond acceptors (Lipinski definition) is 1. The lowest BCUT2D eigenvalue weighted by Gasteiger charge is -2.35. The van der Waals surface area contributed by atoms with Gasteiger partial charge >= 0.3 is 0 Å². The molecule has 1 aromatic rings. The molecule has 1 heterocycles. The summed E-state index contributed by atoms with van der Waals surface area (Å²) in [4.78, 5) is 2.60. The number of allylic oxidation sites excluding steroid dienone is 4. The third-order valence-corrected chi connectivity index (χ3v) is 7.85. The zero-order valence-electron chi connectivity index (χ0n) is 15.5. The van der Waals surface area contributed by atoms with E-state index < -0.39 is 0 Å². The van der Waals surface area contributed by atoms with Crippen molar-refractivity contribution in [3.8, 4) is 0 Å². The van der Waals surface area contributed by atoms with Gasteiger partial charge in [0.05, 0.1) is 0 Å². The minimum atomic E-state index is 0.743. The van der Waals surface area contributed by atoms with Crippen LogP contribution in [0.3, 0.4) is 0 Å². The highest BCUT2D eigenvalue weighted by Crippen LogP contribution is 2.51. The number of anilines is 1. The number of benzene rings is 1. The van der Waals surface area contributed by atoms with Gasteiger partial charge in [-0.2, -0.15) is 0 Å². The highest BCUT2D eigenvalue weighted by Gasteiger charge is 2.42. The van der Waals surface area contributed by atoms with Crippen molar-refractivity contribution in [1.29, 1.82) is 0 Å². The van der Waals surface area contributed by atoms with Gasteiger partial charge in [0.15, 0.2) is 0 Å². The maximum absolute atomic E-state index is 2.60. The molecular formula is C24H31N. The summed E-state index contributed by atoms with van der Waals surface area (Å²) in [5.74, 6) is 4.30. The van der Waals surface area contributed by atoms with E-state index in [1.165, 1.54) is 50.6 Å². The van der Waals surface area contributed by atoms with E-state index in [0.29, 0.717) is 0 Å². The van der Waals surface area contributed by atoms with Crippen LogP contribution in [0.25, 0.3) is 0 Å². The Morgan fingerprint density at radius 1 is 0.800 bits per heavy atom. The van der Waals surface area contributed by atoms with Gasteiger partial charge in [-0.1, -0.05) is 42.5 Å². The van der Waals surface area contributed by atoms with Crippen molar-refractivity contribution in [2.24, 2.45) is 23.7 Å². The van der Waals surface area contributed by atoms with Crippen molar-refractivity contribution in [3.05, 3.63) is 54.1 Å². The Hall–Kier alpha value is -1.50. The van der Waals surface area contributed by atoms with Crippen LogP contribution >= 0.6 is 0 Å². The summed E-state index contributed by atoms with van der Waals surface area (Å²) in [5.41, 5.74) is 3.14. The molecule has 1 nitrogen and oxygen atoms in total. The third-order valence-electron chi connectivity index (χ3n) is 7.85. The molecule has 0 spiro atoms. The van der Waals surface area contributed by atoms with Crippen LogP contribution in [0.1, 0.15) is 56.4 Å². The van der Waals surface area contributed by atoms with E-state index >= 15 is 0 Å². The van der Waals surface area contributed by atoms with Crippen LogP contribution in [0.5, 0.6) is 0 Å². The average molecular weight is 334 g/mol. The van der Waals surface area contributed by atoms with Crippen molar-refractivity contribution in [2.45, 2.75) is 56.9 Å². The molecule has 0 radical (unpaired) electrons. The SMILES string of the molecule is CN1c2ccccc2C2CC3CCC4C=CC=CC4CCC3CCC21. The number of likely N-dealkylation sites (N-methyl/N-ethyl adjacent to an activating group) is 1. The largest absolute Gasteiger partial charge is 0.371 e. The van der Waals surface area contributed by atoms with Gasteiger partial charge < -0.3 is 4.90 Å². The predicted octanol–water partition coefficient (Wildman–Crippen LogP) is 5.94. The van der Waals surface area contributed by atoms with Crippen molar-refractivity contribution in [2.75, 3.05) is 11.9 Å². The van der Waals surface area contributed by atoms with Crippen LogP contribution in [0.4, 0.5) is 5.69 Å². The molecule has 25 heavy (non-hydrogen) atoms. The molecule has 6 atom stereocenters. The number of rotatable bonds is 0. The van der Waals surface area contributed by atoms with Gasteiger partial charge in [-0.05, 0) is 80.2 Å². The summed E-state index contributed by atoms with van der Waals surface area (Å²) < 4.78 is 0. The fraction of sp³-hybridized carbons (Fsp3) is 0.583. The lowest BCUT2D eigenvalue weighted by atomic mass is 9.70. The molecule has 3 aliphatic carbocycles. The molecule has 5 rings (SSSR count). The molecule has 0 saturated heterocycles. The van der Waals surface area contributed by atoms with Gasteiger partial charge in [-0.15, -0.1) is 0 Å². The highest BCUT2D eigenvalue weighted by molar-refractivity contribution is 5.61. The average Bonchev–Trinajstić information content (AvgIpc) is 2.78. The maximum Gasteiger partial charge on any atom is 0.0402 e. The van der Waals surface area contributed by atoms with Crippen LogP contribution in [0.15, 0.2) is 48.6 Å². The predicted molar refractivity (Wildman–Crippen MR) is 106 cm³/mol. The van der Waals surface area contributed by atoms with E-state index in [2.05, 4.69) is 60.5 Å². The molecule has 0 N–H and O–H groups in total. The molecule has 1 aromatic carbocycles. The topological polar surface area (TPSA) is 3.24 Å². The lowest BCUT2D eigenvalue weighted by molar-refractivity contribution is 0.205. The van der Waals surface area contributed by atoms with Crippen LogP contribution in [0.2, 0.25) is 0 Å². The molecule has 6 unspecified atom stereocenters. The third kappa shape index (κ3) is 2.67. The summed E-state index contributed by atoms with van der Waals surface area (Å²) in [7, 11) is 2.33. The van der Waals surface area contributed by atoms with Gasteiger partial charge in [0.1, 0.15) is 0 Å². The van der Waals surface area contributed by atoms with Crippen molar-refractivity contribution >= 4 is 5.69 Å². The van der Waals surface area contributed by atoms with Crippen LogP contribution in [-0.4, -0.2) is 13.1 Å². The molecule has 132 valence electrons. The number of fused-ring (bicyclic) bond motifs is 5. The Kier molecular flexibility index (Phi) is 3.99. The Bertz CT molecular complexity index is 687. The molecule has 1 aliphatic heterocycles. The second-order valence-electron chi connectivity index (χ2n) is 8.93. The van der Waals surface area contributed by atoms with E-state index in [9.17, 15) is 0 Å². The summed E-state index contributed by atoms with van der Waals surface area (Å²) in [6.07, 6.45) is 19.5. The Labute approximate surface area is 152 Å². The Morgan fingerprint density at radius 3 is 2.28 bits per heavy atom. The van der Waals surface area contributed by atoms with Gasteiger partial charge in [-0.3, -0.25) is 0 Å². The van der Waals surface area contributed by atoms with E-state index in [1.807, 2.05) is 0 Å². The van der Waals surface area contributed by atoms with Gasteiger partial charge in [0, 0.05) is 24.7 Å². The Balaban J connectivity index is 1.40. The summed E-state index contributed by atoms with van der Waals surface area (Å²) in [5, 5.41) is 0. The number of hydrogen-bond donors (Lipinski definition) is 0. The van der Waals surface area contributed by atoms with Crippen LogP contribution in [0, 0.1) is 23.7 Å². The van der Waals surface area contributed by atoms with Crippen molar-refractivity contribution in [3.63, 3.8) is 0 Å². The first kappa shape index (κ1) is 15.7. The van der Waals surface area contributed by atoms with Gasteiger partial charge in [0.25, 0.3) is 0 Å². The summed E-state index contributed by atoms with van der Waals surface area (Å²) >= 11 is 0. The Morgan fingerprint density at radius 2 is 1.48 bits per heavy atom. The number of para-hydroxylation sites is 1. The van der Waals surface area contributed by atoms with Crippen LogP contribution in [-0.2, 0) is 0 Å². The minimum Gasteiger partial charge on any atom is -0.371 e. The summed E-state index contributed by atoms with van der Waals surface area (Å²) in [6, 6.07) is 9.95. The highest BCUT2D eigenvalue weighted by atomic mass is 15.2. The molecular weight excluding hydrogens is 302 g/mol. The van der Waals surface area contributed by atoms with Crippen molar-refractivity contribution < 1.29 is 0 Å². The molecule has 2 saturated carbocycles. The molecule has 0 bridgehead atoms. The number of nitrogens with zero attached hydrogens (tertiary/aromatic N) is 1. The lowest BCUT2D eigenvalue weighted by Crippen LogP contribution is -2.29. The zero-order valence-corrected chi connectivity index (χ0v) is 15.5. The molecule has 0 amide bonds. The van der Waals surface area contributed by atoms with Crippen molar-refractivity contribution in [1.82, 2.24) is 0 Å². The van der Waals surface area contributed by atoms with Crippen LogP contribution < -0.4 is 4.90 Å². The monoisotopic (exact) mass is 333 g/mol. The normalized spacial score (nSPS) is 39.5. The first-order valence-corrected chi connectivity index (χ1v) is 10.5.